The number of hydrogen-bond acceptors (Lipinski definition) is 3. The maximum absolute atomic E-state index is 10.4. The predicted molar refractivity (Wildman–Crippen MR) is 54.8 cm³/mol. The van der Waals surface area contributed by atoms with Crippen molar-refractivity contribution in [2.75, 3.05) is 6.61 Å². The molecule has 4 nitrogen and oxygen atoms in total. The van der Waals surface area contributed by atoms with Gasteiger partial charge in [-0.15, -0.1) is 0 Å². The highest BCUT2D eigenvalue weighted by Crippen LogP contribution is 2.21. The van der Waals surface area contributed by atoms with E-state index in [9.17, 15) is 9.90 Å². The molecule has 1 aromatic carbocycles. The molecule has 0 amide bonds. The number of benzene rings is 1. The van der Waals surface area contributed by atoms with Crippen molar-refractivity contribution >= 4 is 5.97 Å². The van der Waals surface area contributed by atoms with Gasteiger partial charge in [-0.25, -0.2) is 0 Å². The Labute approximate surface area is 88.1 Å². The summed E-state index contributed by atoms with van der Waals surface area (Å²) in [5.41, 5.74) is 0.559. The first-order chi connectivity index (χ1) is 7.13. The highest BCUT2D eigenvalue weighted by Gasteiger charge is 2.12. The molecule has 0 saturated carbocycles. The number of carbonyl (C=O) groups is 1. The Morgan fingerprint density at radius 2 is 2.27 bits per heavy atom. The third-order valence-corrected chi connectivity index (χ3v) is 1.92. The van der Waals surface area contributed by atoms with Crippen LogP contribution < -0.4 is 4.74 Å². The molecule has 15 heavy (non-hydrogen) atoms. The molecule has 0 radical (unpaired) electrons. The fourth-order valence-electron chi connectivity index (χ4n) is 1.26. The van der Waals surface area contributed by atoms with E-state index in [0.29, 0.717) is 17.9 Å². The number of carboxylic acid groups (broad SMARTS) is 1. The monoisotopic (exact) mass is 210 g/mol. The first-order valence-electron chi connectivity index (χ1n) is 4.76. The minimum Gasteiger partial charge on any atom is -0.494 e. The van der Waals surface area contributed by atoms with Gasteiger partial charge in [0.2, 0.25) is 0 Å². The summed E-state index contributed by atoms with van der Waals surface area (Å²) in [6.07, 6.45) is -1.28. The smallest absolute Gasteiger partial charge is 0.306 e. The minimum absolute atomic E-state index is 0.296. The average molecular weight is 210 g/mol. The summed E-state index contributed by atoms with van der Waals surface area (Å²) in [5.74, 6) is -0.385. The summed E-state index contributed by atoms with van der Waals surface area (Å²) in [7, 11) is 0. The zero-order valence-corrected chi connectivity index (χ0v) is 8.51. The van der Waals surface area contributed by atoms with Crippen LogP contribution in [0.15, 0.2) is 24.3 Å². The van der Waals surface area contributed by atoms with Crippen LogP contribution in [0.1, 0.15) is 25.0 Å². The van der Waals surface area contributed by atoms with Crippen LogP contribution in [0.3, 0.4) is 0 Å². The lowest BCUT2D eigenvalue weighted by Gasteiger charge is -2.10. The van der Waals surface area contributed by atoms with E-state index in [1.165, 1.54) is 0 Å². The molecule has 1 rings (SSSR count). The summed E-state index contributed by atoms with van der Waals surface area (Å²) >= 11 is 0. The van der Waals surface area contributed by atoms with Crippen LogP contribution in [0, 0.1) is 0 Å². The number of aliphatic carboxylic acids is 1. The molecule has 0 spiro atoms. The molecule has 4 heteroatoms. The first-order valence-corrected chi connectivity index (χ1v) is 4.76. The number of aliphatic hydroxyl groups is 1. The molecule has 0 aromatic heterocycles. The van der Waals surface area contributed by atoms with Gasteiger partial charge in [-0.05, 0) is 24.6 Å². The summed E-state index contributed by atoms with van der Waals surface area (Å²) in [4.78, 5) is 10.4. The van der Waals surface area contributed by atoms with Crippen LogP contribution in [-0.4, -0.2) is 22.8 Å². The lowest BCUT2D eigenvalue weighted by atomic mass is 10.1. The third kappa shape index (κ3) is 3.59. The van der Waals surface area contributed by atoms with Crippen LogP contribution >= 0.6 is 0 Å². The summed E-state index contributed by atoms with van der Waals surface area (Å²) < 4.78 is 5.24. The lowest BCUT2D eigenvalue weighted by molar-refractivity contribution is -0.139. The molecule has 0 aliphatic heterocycles. The van der Waals surface area contributed by atoms with Gasteiger partial charge in [0.15, 0.2) is 0 Å². The van der Waals surface area contributed by atoms with E-state index in [0.717, 1.165) is 0 Å². The Bertz CT molecular complexity index is 335. The molecule has 2 N–H and O–H groups in total. The third-order valence-electron chi connectivity index (χ3n) is 1.92. The van der Waals surface area contributed by atoms with E-state index in [1.807, 2.05) is 6.92 Å². The van der Waals surface area contributed by atoms with Crippen molar-refractivity contribution in [2.45, 2.75) is 19.4 Å². The van der Waals surface area contributed by atoms with Crippen LogP contribution in [-0.2, 0) is 4.79 Å². The van der Waals surface area contributed by atoms with Crippen LogP contribution in [0.2, 0.25) is 0 Å². The van der Waals surface area contributed by atoms with Gasteiger partial charge in [-0.1, -0.05) is 12.1 Å². The highest BCUT2D eigenvalue weighted by atomic mass is 16.5. The Balaban J connectivity index is 2.75. The van der Waals surface area contributed by atoms with Gasteiger partial charge < -0.3 is 14.9 Å². The highest BCUT2D eigenvalue weighted by molar-refractivity contribution is 5.67. The minimum atomic E-state index is -1.02. The Morgan fingerprint density at radius 3 is 2.87 bits per heavy atom. The SMILES string of the molecule is CCOc1cccc([C@@H](O)CC(=O)O)c1. The summed E-state index contributed by atoms with van der Waals surface area (Å²) in [6, 6.07) is 6.82. The van der Waals surface area contributed by atoms with Crippen LogP contribution in [0.4, 0.5) is 0 Å². The van der Waals surface area contributed by atoms with Gasteiger partial charge in [-0.2, -0.15) is 0 Å². The molecule has 0 unspecified atom stereocenters. The van der Waals surface area contributed by atoms with Crippen molar-refractivity contribution in [3.8, 4) is 5.75 Å². The van der Waals surface area contributed by atoms with E-state index < -0.39 is 12.1 Å². The number of rotatable bonds is 5. The predicted octanol–water partition coefficient (Wildman–Crippen LogP) is 1.59. The van der Waals surface area contributed by atoms with Crippen LogP contribution in [0.5, 0.6) is 5.75 Å². The normalized spacial score (nSPS) is 12.1. The molecular weight excluding hydrogens is 196 g/mol. The Hall–Kier alpha value is -1.55. The van der Waals surface area contributed by atoms with Gasteiger partial charge in [0.1, 0.15) is 5.75 Å². The zero-order chi connectivity index (χ0) is 11.3. The molecule has 0 saturated heterocycles. The second-order valence-corrected chi connectivity index (χ2v) is 3.12. The first kappa shape index (κ1) is 11.5. The second-order valence-electron chi connectivity index (χ2n) is 3.12. The van der Waals surface area contributed by atoms with E-state index >= 15 is 0 Å². The standard InChI is InChI=1S/C11H14O4/c1-2-15-9-5-3-4-8(6-9)10(12)7-11(13)14/h3-6,10,12H,2,7H2,1H3,(H,13,14)/t10-/m0/s1. The van der Waals surface area contributed by atoms with Gasteiger partial charge >= 0.3 is 5.97 Å². The fraction of sp³-hybridized carbons (Fsp3) is 0.364. The number of aliphatic hydroxyl groups excluding tert-OH is 1. The van der Waals surface area contributed by atoms with Crippen molar-refractivity contribution in [3.63, 3.8) is 0 Å². The molecule has 0 bridgehead atoms. The second kappa shape index (κ2) is 5.36. The zero-order valence-electron chi connectivity index (χ0n) is 8.51. The van der Waals surface area contributed by atoms with Crippen molar-refractivity contribution < 1.29 is 19.7 Å². The van der Waals surface area contributed by atoms with Gasteiger partial charge in [0.05, 0.1) is 19.1 Å². The topological polar surface area (TPSA) is 66.8 Å². The molecule has 0 heterocycles. The van der Waals surface area contributed by atoms with Crippen molar-refractivity contribution in [2.24, 2.45) is 0 Å². The van der Waals surface area contributed by atoms with Gasteiger partial charge in [-0.3, -0.25) is 4.79 Å². The average Bonchev–Trinajstić information content (AvgIpc) is 2.17. The van der Waals surface area contributed by atoms with Gasteiger partial charge in [0, 0.05) is 0 Å². The summed E-state index contributed by atoms with van der Waals surface area (Å²) in [5, 5.41) is 18.1. The maximum Gasteiger partial charge on any atom is 0.306 e. The van der Waals surface area contributed by atoms with Crippen molar-refractivity contribution in [1.29, 1.82) is 0 Å². The molecule has 0 fully saturated rings. The molecule has 1 atom stereocenters. The molecule has 0 aliphatic carbocycles. The van der Waals surface area contributed by atoms with E-state index in [4.69, 9.17) is 9.84 Å². The maximum atomic E-state index is 10.4. The molecule has 82 valence electrons. The summed E-state index contributed by atoms with van der Waals surface area (Å²) in [6.45, 7) is 2.40. The largest absolute Gasteiger partial charge is 0.494 e. The van der Waals surface area contributed by atoms with E-state index in [-0.39, 0.29) is 6.42 Å². The Kier molecular flexibility index (Phi) is 4.12. The van der Waals surface area contributed by atoms with Crippen molar-refractivity contribution in [3.05, 3.63) is 29.8 Å². The number of hydrogen-bond donors (Lipinski definition) is 2. The van der Waals surface area contributed by atoms with Gasteiger partial charge in [0.25, 0.3) is 0 Å². The number of carboxylic acids is 1. The molecule has 0 aliphatic rings. The quantitative estimate of drug-likeness (QED) is 0.774. The fourth-order valence-corrected chi connectivity index (χ4v) is 1.26. The van der Waals surface area contributed by atoms with Crippen LogP contribution in [0.25, 0.3) is 0 Å². The Morgan fingerprint density at radius 1 is 1.53 bits per heavy atom. The van der Waals surface area contributed by atoms with Crippen molar-refractivity contribution in [1.82, 2.24) is 0 Å². The molecule has 1 aromatic rings. The van der Waals surface area contributed by atoms with E-state index in [2.05, 4.69) is 0 Å². The molecular formula is C11H14O4. The number of ether oxygens (including phenoxy) is 1. The van der Waals surface area contributed by atoms with E-state index in [1.54, 1.807) is 24.3 Å². The lowest BCUT2D eigenvalue weighted by Crippen LogP contribution is -2.05.